The maximum absolute atomic E-state index is 13.6. The zero-order valence-corrected chi connectivity index (χ0v) is 19.3. The van der Waals surface area contributed by atoms with Crippen molar-refractivity contribution in [3.8, 4) is 5.75 Å². The molecule has 0 amide bonds. The lowest BCUT2D eigenvalue weighted by atomic mass is 10.1. The van der Waals surface area contributed by atoms with Crippen molar-refractivity contribution in [2.45, 2.75) is 30.4 Å². The van der Waals surface area contributed by atoms with Gasteiger partial charge in [0.25, 0.3) is 0 Å². The lowest BCUT2D eigenvalue weighted by molar-refractivity contribution is 0.0926. The number of sulfonamides is 1. The number of benzene rings is 3. The van der Waals surface area contributed by atoms with Crippen LogP contribution in [0, 0.1) is 0 Å². The molecule has 1 aliphatic heterocycles. The summed E-state index contributed by atoms with van der Waals surface area (Å²) in [7, 11) is -7.42. The lowest BCUT2D eigenvalue weighted by Crippen LogP contribution is -2.37. The van der Waals surface area contributed by atoms with Crippen molar-refractivity contribution in [1.82, 2.24) is 4.31 Å². The van der Waals surface area contributed by atoms with E-state index in [1.807, 2.05) is 30.3 Å². The SMILES string of the molecule is CS(=O)(=O)Oc1ccc(CN(CC2CCCO2)S(=O)(=O)c2ccc3ccccc3c2)cc1. The van der Waals surface area contributed by atoms with Crippen LogP contribution in [0.15, 0.2) is 71.6 Å². The van der Waals surface area contributed by atoms with Crippen LogP contribution >= 0.6 is 0 Å². The van der Waals surface area contributed by atoms with E-state index in [1.165, 1.54) is 16.4 Å². The summed E-state index contributed by atoms with van der Waals surface area (Å²) in [6.07, 6.45) is 2.54. The fourth-order valence-electron chi connectivity index (χ4n) is 3.77. The topological polar surface area (TPSA) is 90.0 Å². The average molecular weight is 476 g/mol. The summed E-state index contributed by atoms with van der Waals surface area (Å²) in [4.78, 5) is 0.228. The first-order chi connectivity index (χ1) is 15.2. The lowest BCUT2D eigenvalue weighted by Gasteiger charge is -2.25. The zero-order valence-electron chi connectivity index (χ0n) is 17.7. The van der Waals surface area contributed by atoms with Crippen molar-refractivity contribution < 1.29 is 25.8 Å². The van der Waals surface area contributed by atoms with Gasteiger partial charge < -0.3 is 8.92 Å². The molecule has 1 saturated heterocycles. The fraction of sp³-hybridized carbons (Fsp3) is 0.304. The van der Waals surface area contributed by atoms with Crippen LogP contribution in [0.3, 0.4) is 0 Å². The van der Waals surface area contributed by atoms with E-state index in [1.54, 1.807) is 24.3 Å². The van der Waals surface area contributed by atoms with Crippen LogP contribution < -0.4 is 4.18 Å². The highest BCUT2D eigenvalue weighted by Gasteiger charge is 2.29. The highest BCUT2D eigenvalue weighted by Crippen LogP contribution is 2.26. The Kier molecular flexibility index (Phi) is 6.52. The van der Waals surface area contributed by atoms with E-state index in [0.717, 1.165) is 29.9 Å². The molecule has 3 aromatic carbocycles. The third-order valence-corrected chi connectivity index (χ3v) is 7.62. The first-order valence-electron chi connectivity index (χ1n) is 10.3. The second-order valence-corrected chi connectivity index (χ2v) is 11.4. The molecule has 1 atom stereocenters. The van der Waals surface area contributed by atoms with Crippen LogP contribution in [0.2, 0.25) is 0 Å². The number of nitrogens with zero attached hydrogens (tertiary/aromatic N) is 1. The molecular weight excluding hydrogens is 450 g/mol. The Morgan fingerprint density at radius 3 is 2.34 bits per heavy atom. The van der Waals surface area contributed by atoms with E-state index in [2.05, 4.69) is 0 Å². The highest BCUT2D eigenvalue weighted by atomic mass is 32.2. The van der Waals surface area contributed by atoms with Crippen molar-refractivity contribution in [1.29, 1.82) is 0 Å². The van der Waals surface area contributed by atoms with Gasteiger partial charge in [0.05, 0.1) is 17.3 Å². The third-order valence-electron chi connectivity index (χ3n) is 5.32. The molecule has 1 aliphatic rings. The van der Waals surface area contributed by atoms with Gasteiger partial charge >= 0.3 is 10.1 Å². The Labute approximate surface area is 188 Å². The van der Waals surface area contributed by atoms with Gasteiger partial charge in [-0.05, 0) is 53.4 Å². The molecule has 0 spiro atoms. The predicted molar refractivity (Wildman–Crippen MR) is 122 cm³/mol. The largest absolute Gasteiger partial charge is 0.383 e. The molecule has 0 bridgehead atoms. The molecule has 3 aromatic rings. The summed E-state index contributed by atoms with van der Waals surface area (Å²) < 4.78 is 61.8. The summed E-state index contributed by atoms with van der Waals surface area (Å²) in [6, 6.07) is 19.1. The molecule has 0 aromatic heterocycles. The molecule has 1 heterocycles. The Bertz CT molecular complexity index is 1300. The van der Waals surface area contributed by atoms with Crippen LogP contribution in [0.1, 0.15) is 18.4 Å². The second-order valence-electron chi connectivity index (χ2n) is 7.87. The normalized spacial score (nSPS) is 17.1. The standard InChI is InChI=1S/C23H25NO6S2/c1-31(25,26)30-21-11-8-18(9-12-21)16-24(17-22-7-4-14-29-22)32(27,28)23-13-10-19-5-2-3-6-20(19)15-23/h2-3,5-6,8-13,15,22H,4,7,14,16-17H2,1H3. The number of ether oxygens (including phenoxy) is 1. The Balaban J connectivity index is 1.63. The van der Waals surface area contributed by atoms with E-state index >= 15 is 0 Å². The molecule has 7 nitrogen and oxygen atoms in total. The zero-order chi connectivity index (χ0) is 22.8. The average Bonchev–Trinajstić information content (AvgIpc) is 3.26. The number of rotatable bonds is 8. The van der Waals surface area contributed by atoms with E-state index in [-0.39, 0.29) is 29.8 Å². The van der Waals surface area contributed by atoms with Crippen molar-refractivity contribution in [2.24, 2.45) is 0 Å². The fourth-order valence-corrected chi connectivity index (χ4v) is 5.73. The van der Waals surface area contributed by atoms with Crippen LogP contribution in [0.25, 0.3) is 10.8 Å². The van der Waals surface area contributed by atoms with Crippen molar-refractivity contribution in [2.75, 3.05) is 19.4 Å². The molecule has 0 aliphatic carbocycles. The summed E-state index contributed by atoms with van der Waals surface area (Å²) in [5, 5.41) is 1.83. The van der Waals surface area contributed by atoms with Gasteiger partial charge in [-0.2, -0.15) is 12.7 Å². The van der Waals surface area contributed by atoms with Gasteiger partial charge in [-0.25, -0.2) is 8.42 Å². The predicted octanol–water partition coefficient (Wildman–Crippen LogP) is 3.55. The van der Waals surface area contributed by atoms with Crippen LogP contribution in [0.4, 0.5) is 0 Å². The molecule has 32 heavy (non-hydrogen) atoms. The number of hydrogen-bond donors (Lipinski definition) is 0. The minimum Gasteiger partial charge on any atom is -0.383 e. The molecule has 0 N–H and O–H groups in total. The van der Waals surface area contributed by atoms with E-state index in [9.17, 15) is 16.8 Å². The minimum atomic E-state index is -3.79. The summed E-state index contributed by atoms with van der Waals surface area (Å²) >= 11 is 0. The van der Waals surface area contributed by atoms with Crippen LogP contribution in [-0.2, 0) is 31.4 Å². The monoisotopic (exact) mass is 475 g/mol. The van der Waals surface area contributed by atoms with Gasteiger partial charge in [-0.15, -0.1) is 0 Å². The molecule has 0 saturated carbocycles. The van der Waals surface area contributed by atoms with Gasteiger partial charge in [0.15, 0.2) is 0 Å². The molecular formula is C23H25NO6S2. The van der Waals surface area contributed by atoms with E-state index < -0.39 is 20.1 Å². The van der Waals surface area contributed by atoms with Gasteiger partial charge in [-0.3, -0.25) is 0 Å². The Morgan fingerprint density at radius 1 is 0.969 bits per heavy atom. The number of hydrogen-bond acceptors (Lipinski definition) is 6. The first kappa shape index (κ1) is 22.7. The van der Waals surface area contributed by atoms with Crippen molar-refractivity contribution in [3.05, 3.63) is 72.3 Å². The Hall–Kier alpha value is -2.46. The summed E-state index contributed by atoms with van der Waals surface area (Å²) in [5.74, 6) is 0.180. The van der Waals surface area contributed by atoms with E-state index in [4.69, 9.17) is 8.92 Å². The minimum absolute atomic E-state index is 0.133. The second kappa shape index (κ2) is 9.19. The van der Waals surface area contributed by atoms with Gasteiger partial charge in [-0.1, -0.05) is 42.5 Å². The molecule has 9 heteroatoms. The molecule has 1 unspecified atom stereocenters. The van der Waals surface area contributed by atoms with Gasteiger partial charge in [0, 0.05) is 19.7 Å². The van der Waals surface area contributed by atoms with Gasteiger partial charge in [0.2, 0.25) is 10.0 Å². The number of fused-ring (bicyclic) bond motifs is 1. The molecule has 170 valence electrons. The summed E-state index contributed by atoms with van der Waals surface area (Å²) in [6.45, 7) is 1.01. The van der Waals surface area contributed by atoms with Gasteiger partial charge in [0.1, 0.15) is 5.75 Å². The Morgan fingerprint density at radius 2 is 1.69 bits per heavy atom. The quantitative estimate of drug-likeness (QED) is 0.463. The molecule has 0 radical (unpaired) electrons. The van der Waals surface area contributed by atoms with Crippen LogP contribution in [0.5, 0.6) is 5.75 Å². The van der Waals surface area contributed by atoms with E-state index in [0.29, 0.717) is 12.2 Å². The molecule has 1 fully saturated rings. The van der Waals surface area contributed by atoms with Crippen LogP contribution in [-0.4, -0.2) is 46.7 Å². The maximum Gasteiger partial charge on any atom is 0.306 e. The summed E-state index contributed by atoms with van der Waals surface area (Å²) in [5.41, 5.74) is 0.716. The smallest absolute Gasteiger partial charge is 0.306 e. The third kappa shape index (κ3) is 5.47. The van der Waals surface area contributed by atoms with Crippen molar-refractivity contribution in [3.63, 3.8) is 0 Å². The first-order valence-corrected chi connectivity index (χ1v) is 13.6. The molecule has 4 rings (SSSR count). The van der Waals surface area contributed by atoms with Crippen molar-refractivity contribution >= 4 is 30.9 Å². The highest BCUT2D eigenvalue weighted by molar-refractivity contribution is 7.89. The maximum atomic E-state index is 13.6.